The van der Waals surface area contributed by atoms with Crippen molar-refractivity contribution in [3.8, 4) is 6.07 Å². The summed E-state index contributed by atoms with van der Waals surface area (Å²) in [6, 6.07) is 14.0. The summed E-state index contributed by atoms with van der Waals surface area (Å²) in [5, 5.41) is 9.01. The smallest absolute Gasteiger partial charge is 0.100 e. The van der Waals surface area contributed by atoms with Crippen molar-refractivity contribution in [3.63, 3.8) is 0 Å². The molecule has 4 nitrogen and oxygen atoms in total. The van der Waals surface area contributed by atoms with Crippen LogP contribution in [0.5, 0.6) is 0 Å². The molecule has 1 aliphatic rings. The molecule has 0 aliphatic carbocycles. The summed E-state index contributed by atoms with van der Waals surface area (Å²) in [5.41, 5.74) is 3.92. The van der Waals surface area contributed by atoms with Gasteiger partial charge < -0.3 is 9.64 Å². The summed E-state index contributed by atoms with van der Waals surface area (Å²) >= 11 is 0. The van der Waals surface area contributed by atoms with Gasteiger partial charge in [0.15, 0.2) is 0 Å². The van der Waals surface area contributed by atoms with Gasteiger partial charge in [-0.15, -0.1) is 0 Å². The third-order valence-electron chi connectivity index (χ3n) is 3.70. The molecule has 0 saturated carbocycles. The Hall–Kier alpha value is -2.38. The fourth-order valence-corrected chi connectivity index (χ4v) is 2.62. The summed E-state index contributed by atoms with van der Waals surface area (Å²) < 4.78 is 5.88. The van der Waals surface area contributed by atoms with Gasteiger partial charge in [0.25, 0.3) is 0 Å². The van der Waals surface area contributed by atoms with Gasteiger partial charge in [-0.25, -0.2) is 0 Å². The summed E-state index contributed by atoms with van der Waals surface area (Å²) in [7, 11) is 0. The molecule has 0 radical (unpaired) electrons. The van der Waals surface area contributed by atoms with E-state index < -0.39 is 0 Å². The Kier molecular flexibility index (Phi) is 3.85. The third kappa shape index (κ3) is 3.04. The number of aromatic nitrogens is 1. The first-order valence-electron chi connectivity index (χ1n) is 7.05. The van der Waals surface area contributed by atoms with Crippen LogP contribution in [0.3, 0.4) is 0 Å². The lowest BCUT2D eigenvalue weighted by molar-refractivity contribution is 0.0398. The van der Waals surface area contributed by atoms with Gasteiger partial charge in [0.2, 0.25) is 0 Å². The van der Waals surface area contributed by atoms with Crippen LogP contribution in [0.2, 0.25) is 0 Å². The van der Waals surface area contributed by atoms with Crippen LogP contribution in [0.1, 0.15) is 22.9 Å². The second kappa shape index (κ2) is 5.94. The number of rotatable bonds is 2. The number of nitrogens with zero attached hydrogens (tertiary/aromatic N) is 3. The molecule has 0 bridgehead atoms. The Morgan fingerprint density at radius 2 is 2.24 bits per heavy atom. The Bertz CT molecular complexity index is 678. The van der Waals surface area contributed by atoms with Crippen molar-refractivity contribution < 1.29 is 4.74 Å². The molecule has 106 valence electrons. The molecule has 0 spiro atoms. The first kappa shape index (κ1) is 13.6. The molecule has 0 N–H and O–H groups in total. The van der Waals surface area contributed by atoms with Gasteiger partial charge in [0.05, 0.1) is 18.2 Å². The lowest BCUT2D eigenvalue weighted by Crippen LogP contribution is -2.38. The highest BCUT2D eigenvalue weighted by atomic mass is 16.5. The second-order valence-corrected chi connectivity index (χ2v) is 5.20. The van der Waals surface area contributed by atoms with E-state index in [-0.39, 0.29) is 6.10 Å². The molecule has 1 fully saturated rings. The molecular weight excluding hydrogens is 262 g/mol. The van der Waals surface area contributed by atoms with Crippen LogP contribution in [0, 0.1) is 18.3 Å². The van der Waals surface area contributed by atoms with Crippen molar-refractivity contribution in [1.29, 1.82) is 5.26 Å². The fraction of sp³-hybridized carbons (Fsp3) is 0.294. The van der Waals surface area contributed by atoms with Crippen LogP contribution in [0.25, 0.3) is 0 Å². The molecule has 1 atom stereocenters. The number of hydrogen-bond acceptors (Lipinski definition) is 4. The van der Waals surface area contributed by atoms with E-state index >= 15 is 0 Å². The van der Waals surface area contributed by atoms with Crippen LogP contribution >= 0.6 is 0 Å². The minimum absolute atomic E-state index is 0.000483. The number of ether oxygens (including phenoxy) is 1. The van der Waals surface area contributed by atoms with Crippen molar-refractivity contribution in [1.82, 2.24) is 4.98 Å². The number of morpholine rings is 1. The number of benzene rings is 1. The van der Waals surface area contributed by atoms with Crippen molar-refractivity contribution in [2.45, 2.75) is 13.0 Å². The van der Waals surface area contributed by atoms with Crippen LogP contribution in [0.15, 0.2) is 42.6 Å². The number of pyridine rings is 1. The summed E-state index contributed by atoms with van der Waals surface area (Å²) in [4.78, 5) is 6.55. The Balaban J connectivity index is 1.81. The first-order chi connectivity index (χ1) is 10.3. The zero-order valence-electron chi connectivity index (χ0n) is 12.0. The van der Waals surface area contributed by atoms with Crippen molar-refractivity contribution in [2.24, 2.45) is 0 Å². The van der Waals surface area contributed by atoms with Gasteiger partial charge in [0.1, 0.15) is 6.10 Å². The molecular formula is C17H17N3O. The first-order valence-corrected chi connectivity index (χ1v) is 7.05. The highest BCUT2D eigenvalue weighted by molar-refractivity contribution is 5.47. The summed E-state index contributed by atoms with van der Waals surface area (Å²) in [5.74, 6) is 0. The van der Waals surface area contributed by atoms with E-state index in [1.807, 2.05) is 43.5 Å². The number of aryl methyl sites for hydroxylation is 1. The lowest BCUT2D eigenvalue weighted by Gasteiger charge is -2.34. The Morgan fingerprint density at radius 3 is 3.05 bits per heavy atom. The maximum Gasteiger partial charge on any atom is 0.100 e. The standard InChI is InChI=1S/C17H17N3O/c1-13-9-16(5-6-19-13)20-7-8-21-17(12-20)15-4-2-3-14(10-15)11-18/h2-6,9-10,17H,7-8,12H2,1H3. The quantitative estimate of drug-likeness (QED) is 0.848. The van der Waals surface area contributed by atoms with E-state index in [1.54, 1.807) is 0 Å². The Morgan fingerprint density at radius 1 is 1.33 bits per heavy atom. The summed E-state index contributed by atoms with van der Waals surface area (Å²) in [6.45, 7) is 4.34. The minimum Gasteiger partial charge on any atom is -0.370 e. The lowest BCUT2D eigenvalue weighted by atomic mass is 10.0. The zero-order chi connectivity index (χ0) is 14.7. The van der Waals surface area contributed by atoms with Crippen molar-refractivity contribution >= 4 is 5.69 Å². The predicted molar refractivity (Wildman–Crippen MR) is 81.0 cm³/mol. The highest BCUT2D eigenvalue weighted by Gasteiger charge is 2.22. The second-order valence-electron chi connectivity index (χ2n) is 5.20. The minimum atomic E-state index is 0.000483. The molecule has 1 saturated heterocycles. The molecule has 1 aromatic heterocycles. The predicted octanol–water partition coefficient (Wildman–Crippen LogP) is 2.84. The number of hydrogen-bond donors (Lipinski definition) is 0. The maximum absolute atomic E-state index is 9.01. The van der Waals surface area contributed by atoms with Crippen LogP contribution in [0.4, 0.5) is 5.69 Å². The zero-order valence-corrected chi connectivity index (χ0v) is 12.0. The van der Waals surface area contributed by atoms with Crippen LogP contribution in [-0.2, 0) is 4.74 Å². The highest BCUT2D eigenvalue weighted by Crippen LogP contribution is 2.26. The van der Waals surface area contributed by atoms with Gasteiger partial charge in [0, 0.05) is 30.7 Å². The average molecular weight is 279 g/mol. The largest absolute Gasteiger partial charge is 0.370 e. The van der Waals surface area contributed by atoms with Gasteiger partial charge in [-0.1, -0.05) is 12.1 Å². The third-order valence-corrected chi connectivity index (χ3v) is 3.70. The molecule has 3 rings (SSSR count). The van der Waals surface area contributed by atoms with Crippen molar-refractivity contribution in [2.75, 3.05) is 24.6 Å². The van der Waals surface area contributed by atoms with Gasteiger partial charge >= 0.3 is 0 Å². The van der Waals surface area contributed by atoms with E-state index in [0.29, 0.717) is 12.2 Å². The van der Waals surface area contributed by atoms with E-state index in [0.717, 1.165) is 24.3 Å². The normalized spacial score (nSPS) is 18.3. The van der Waals surface area contributed by atoms with E-state index in [2.05, 4.69) is 22.0 Å². The molecule has 21 heavy (non-hydrogen) atoms. The van der Waals surface area contributed by atoms with Crippen LogP contribution in [-0.4, -0.2) is 24.7 Å². The average Bonchev–Trinajstić information content (AvgIpc) is 2.55. The molecule has 2 aromatic rings. The van der Waals surface area contributed by atoms with E-state index in [4.69, 9.17) is 10.00 Å². The maximum atomic E-state index is 9.01. The molecule has 1 unspecified atom stereocenters. The molecule has 1 aromatic carbocycles. The number of nitriles is 1. The van der Waals surface area contributed by atoms with Gasteiger partial charge in [-0.2, -0.15) is 5.26 Å². The molecule has 1 aliphatic heterocycles. The topological polar surface area (TPSA) is 49.1 Å². The van der Waals surface area contributed by atoms with Gasteiger partial charge in [-0.3, -0.25) is 4.98 Å². The van der Waals surface area contributed by atoms with E-state index in [9.17, 15) is 0 Å². The van der Waals surface area contributed by atoms with Gasteiger partial charge in [-0.05, 0) is 36.8 Å². The monoisotopic (exact) mass is 279 g/mol. The number of anilines is 1. The van der Waals surface area contributed by atoms with Crippen molar-refractivity contribution in [3.05, 3.63) is 59.4 Å². The van der Waals surface area contributed by atoms with Crippen LogP contribution < -0.4 is 4.90 Å². The van der Waals surface area contributed by atoms with E-state index in [1.165, 1.54) is 5.69 Å². The fourth-order valence-electron chi connectivity index (χ4n) is 2.62. The summed E-state index contributed by atoms with van der Waals surface area (Å²) in [6.07, 6.45) is 1.84. The molecule has 2 heterocycles. The Labute approximate surface area is 124 Å². The molecule has 4 heteroatoms. The SMILES string of the molecule is Cc1cc(N2CCOC(c3cccc(C#N)c3)C2)ccn1. The molecule has 0 amide bonds.